The van der Waals surface area contributed by atoms with Crippen molar-refractivity contribution < 1.29 is 9.18 Å². The van der Waals surface area contributed by atoms with Gasteiger partial charge < -0.3 is 5.32 Å². The van der Waals surface area contributed by atoms with Gasteiger partial charge in [-0.05, 0) is 76.7 Å². The van der Waals surface area contributed by atoms with Gasteiger partial charge in [-0.3, -0.25) is 4.79 Å². The highest BCUT2D eigenvalue weighted by atomic mass is 19.1. The second kappa shape index (κ2) is 7.00. The highest BCUT2D eigenvalue weighted by molar-refractivity contribution is 5.85. The Bertz CT molecular complexity index is 1230. The summed E-state index contributed by atoms with van der Waals surface area (Å²) in [5.41, 5.74) is 5.56. The fourth-order valence-corrected chi connectivity index (χ4v) is 4.72. The van der Waals surface area contributed by atoms with Gasteiger partial charge in [-0.15, -0.1) is 0 Å². The minimum atomic E-state index is -0.200. The Kier molecular flexibility index (Phi) is 4.31. The van der Waals surface area contributed by atoms with Gasteiger partial charge >= 0.3 is 0 Å². The molecular formula is C26H22FNO. The van der Waals surface area contributed by atoms with E-state index in [0.717, 1.165) is 39.2 Å². The van der Waals surface area contributed by atoms with Gasteiger partial charge in [-0.1, -0.05) is 42.5 Å². The lowest BCUT2D eigenvalue weighted by Gasteiger charge is -2.29. The van der Waals surface area contributed by atoms with Crippen molar-refractivity contribution >= 4 is 17.9 Å². The summed E-state index contributed by atoms with van der Waals surface area (Å²) in [4.78, 5) is 12.4. The number of halogens is 1. The van der Waals surface area contributed by atoms with E-state index in [2.05, 4.69) is 35.7 Å². The lowest BCUT2D eigenvalue weighted by Crippen LogP contribution is -2.39. The SMILES string of the molecule is CC(=O)C1C=c2c(ccc3c2=CCc2cc(F)ccc2-3)C(C2=CC=CC=CN2)C1. The van der Waals surface area contributed by atoms with Crippen LogP contribution in [0.2, 0.25) is 0 Å². The molecule has 0 radical (unpaired) electrons. The number of carbonyl (C=O) groups excluding carboxylic acids is 1. The zero-order chi connectivity index (χ0) is 20.0. The first-order chi connectivity index (χ1) is 14.1. The molecule has 5 rings (SSSR count). The highest BCUT2D eigenvalue weighted by Crippen LogP contribution is 2.34. The van der Waals surface area contributed by atoms with E-state index in [-0.39, 0.29) is 23.4 Å². The predicted octanol–water partition coefficient (Wildman–Crippen LogP) is 3.86. The molecule has 144 valence electrons. The number of nitrogens with one attached hydrogen (secondary N) is 1. The molecule has 1 N–H and O–H groups in total. The van der Waals surface area contributed by atoms with Crippen LogP contribution in [0.5, 0.6) is 0 Å². The molecule has 2 atom stereocenters. The number of ketones is 1. The fourth-order valence-electron chi connectivity index (χ4n) is 4.72. The van der Waals surface area contributed by atoms with Crippen LogP contribution in [0.1, 0.15) is 30.4 Å². The molecule has 3 heteroatoms. The molecule has 0 aromatic heterocycles. The van der Waals surface area contributed by atoms with Crippen molar-refractivity contribution in [3.05, 3.63) is 93.9 Å². The molecular weight excluding hydrogens is 361 g/mol. The third kappa shape index (κ3) is 3.07. The van der Waals surface area contributed by atoms with Gasteiger partial charge in [0.15, 0.2) is 0 Å². The molecule has 0 saturated heterocycles. The third-order valence-corrected chi connectivity index (χ3v) is 6.18. The van der Waals surface area contributed by atoms with Gasteiger partial charge in [0.05, 0.1) is 0 Å². The molecule has 1 heterocycles. The van der Waals surface area contributed by atoms with Gasteiger partial charge in [0.1, 0.15) is 11.6 Å². The highest BCUT2D eigenvalue weighted by Gasteiger charge is 2.29. The Hall–Kier alpha value is -3.20. The van der Waals surface area contributed by atoms with E-state index < -0.39 is 0 Å². The molecule has 3 aliphatic rings. The lowest BCUT2D eigenvalue weighted by molar-refractivity contribution is -0.119. The third-order valence-electron chi connectivity index (χ3n) is 6.18. The Labute approximate surface area is 169 Å². The van der Waals surface area contributed by atoms with Gasteiger partial charge in [0.25, 0.3) is 0 Å². The number of rotatable bonds is 2. The normalized spacial score (nSPS) is 21.4. The van der Waals surface area contributed by atoms with Crippen LogP contribution in [0.3, 0.4) is 0 Å². The van der Waals surface area contributed by atoms with E-state index in [4.69, 9.17) is 0 Å². The maximum atomic E-state index is 13.7. The van der Waals surface area contributed by atoms with Gasteiger partial charge in [-0.2, -0.15) is 0 Å². The summed E-state index contributed by atoms with van der Waals surface area (Å²) in [6, 6.07) is 9.35. The smallest absolute Gasteiger partial charge is 0.136 e. The maximum absolute atomic E-state index is 13.7. The Morgan fingerprint density at radius 3 is 2.79 bits per heavy atom. The van der Waals surface area contributed by atoms with Crippen molar-refractivity contribution in [2.45, 2.75) is 25.7 Å². The quantitative estimate of drug-likeness (QED) is 0.853. The molecule has 2 aromatic rings. The first-order valence-electron chi connectivity index (χ1n) is 10.1. The molecule has 29 heavy (non-hydrogen) atoms. The summed E-state index contributed by atoms with van der Waals surface area (Å²) in [7, 11) is 0. The van der Waals surface area contributed by atoms with E-state index in [1.54, 1.807) is 13.0 Å². The Morgan fingerprint density at radius 1 is 1.07 bits per heavy atom. The summed E-state index contributed by atoms with van der Waals surface area (Å²) in [6.07, 6.45) is 15.8. The zero-order valence-electron chi connectivity index (χ0n) is 16.3. The minimum absolute atomic E-state index is 0.110. The van der Waals surface area contributed by atoms with Gasteiger partial charge in [0, 0.05) is 23.7 Å². The van der Waals surface area contributed by atoms with Crippen LogP contribution in [0.4, 0.5) is 4.39 Å². The topological polar surface area (TPSA) is 29.1 Å². The van der Waals surface area contributed by atoms with Crippen molar-refractivity contribution in [2.75, 3.05) is 0 Å². The zero-order valence-corrected chi connectivity index (χ0v) is 16.3. The average molecular weight is 383 g/mol. The van der Waals surface area contributed by atoms with Crippen molar-refractivity contribution in [1.82, 2.24) is 5.32 Å². The van der Waals surface area contributed by atoms with E-state index in [0.29, 0.717) is 6.42 Å². The lowest BCUT2D eigenvalue weighted by atomic mass is 9.76. The van der Waals surface area contributed by atoms with Crippen LogP contribution in [0.25, 0.3) is 23.3 Å². The summed E-state index contributed by atoms with van der Waals surface area (Å²) >= 11 is 0. The van der Waals surface area contributed by atoms with Crippen LogP contribution in [-0.2, 0) is 11.2 Å². The van der Waals surface area contributed by atoms with Crippen LogP contribution in [-0.4, -0.2) is 5.78 Å². The van der Waals surface area contributed by atoms with Crippen molar-refractivity contribution in [3.8, 4) is 11.1 Å². The van der Waals surface area contributed by atoms with E-state index >= 15 is 0 Å². The molecule has 0 spiro atoms. The molecule has 1 aliphatic heterocycles. The van der Waals surface area contributed by atoms with Crippen LogP contribution in [0, 0.1) is 11.7 Å². The summed E-state index contributed by atoms with van der Waals surface area (Å²) in [5.74, 6) is 0.0108. The average Bonchev–Trinajstić information content (AvgIpc) is 3.01. The Balaban J connectivity index is 1.73. The molecule has 0 saturated carbocycles. The standard InChI is InChI=1S/C26H22FNO/c1-16(29)18-14-24-22-8-6-17-13-19(27)7-9-20(17)21(22)10-11-23(24)25(15-18)26-5-3-2-4-12-28-26/h2-5,7-14,18,25,28H,6,15H2,1H3. The second-order valence-corrected chi connectivity index (χ2v) is 7.92. The first-order valence-corrected chi connectivity index (χ1v) is 10.1. The summed E-state index contributed by atoms with van der Waals surface area (Å²) < 4.78 is 13.7. The molecule has 2 aromatic carbocycles. The number of hydrogen-bond donors (Lipinski definition) is 1. The van der Waals surface area contributed by atoms with Crippen molar-refractivity contribution in [2.24, 2.45) is 5.92 Å². The second-order valence-electron chi connectivity index (χ2n) is 7.92. The van der Waals surface area contributed by atoms with Crippen LogP contribution >= 0.6 is 0 Å². The van der Waals surface area contributed by atoms with Crippen molar-refractivity contribution in [3.63, 3.8) is 0 Å². The Morgan fingerprint density at radius 2 is 1.93 bits per heavy atom. The molecule has 0 fully saturated rings. The number of hydrogen-bond acceptors (Lipinski definition) is 2. The molecule has 0 amide bonds. The maximum Gasteiger partial charge on any atom is 0.136 e. The van der Waals surface area contributed by atoms with Crippen molar-refractivity contribution in [1.29, 1.82) is 0 Å². The van der Waals surface area contributed by atoms with Gasteiger partial charge in [-0.25, -0.2) is 4.39 Å². The molecule has 2 unspecified atom stereocenters. The predicted molar refractivity (Wildman–Crippen MR) is 115 cm³/mol. The monoisotopic (exact) mass is 383 g/mol. The molecule has 0 bridgehead atoms. The summed E-state index contributed by atoms with van der Waals surface area (Å²) in [6.45, 7) is 1.68. The molecule has 2 nitrogen and oxygen atoms in total. The minimum Gasteiger partial charge on any atom is -0.364 e. The summed E-state index contributed by atoms with van der Waals surface area (Å²) in [5, 5.41) is 5.71. The van der Waals surface area contributed by atoms with Gasteiger partial charge in [0.2, 0.25) is 0 Å². The number of allylic oxidation sites excluding steroid dienone is 5. The van der Waals surface area contributed by atoms with Crippen LogP contribution in [0.15, 0.2) is 66.5 Å². The van der Waals surface area contributed by atoms with E-state index in [1.807, 2.05) is 30.5 Å². The fraction of sp³-hybridized carbons (Fsp3) is 0.192. The van der Waals surface area contributed by atoms with E-state index in [1.165, 1.54) is 11.6 Å². The van der Waals surface area contributed by atoms with Crippen LogP contribution < -0.4 is 15.8 Å². The largest absolute Gasteiger partial charge is 0.364 e. The number of Topliss-reactive ketones (excluding diaryl/α,β-unsaturated/α-hetero) is 1. The number of carbonyl (C=O) groups is 1. The number of fused-ring (bicyclic) bond motifs is 5. The molecule has 2 aliphatic carbocycles. The first kappa shape index (κ1) is 17.9. The number of benzene rings is 2. The van der Waals surface area contributed by atoms with E-state index in [9.17, 15) is 9.18 Å².